The summed E-state index contributed by atoms with van der Waals surface area (Å²) < 4.78 is 0. The van der Waals surface area contributed by atoms with Gasteiger partial charge in [0, 0.05) is 23.9 Å². The fourth-order valence-corrected chi connectivity index (χ4v) is 2.38. The molecular formula is C12H18N2OS. The third kappa shape index (κ3) is 3.61. The third-order valence-corrected chi connectivity index (χ3v) is 3.80. The van der Waals surface area contributed by atoms with Crippen LogP contribution in [0.4, 0.5) is 0 Å². The zero-order valence-corrected chi connectivity index (χ0v) is 10.4. The Bertz CT molecular complexity index is 358. The second kappa shape index (κ2) is 5.46. The van der Waals surface area contributed by atoms with Crippen LogP contribution in [0, 0.1) is 6.92 Å². The lowest BCUT2D eigenvalue weighted by molar-refractivity contribution is -0.121. The number of amides is 1. The molecule has 1 aliphatic rings. The molecule has 2 N–H and O–H groups in total. The molecule has 2 rings (SSSR count). The van der Waals surface area contributed by atoms with E-state index in [0.29, 0.717) is 19.0 Å². The van der Waals surface area contributed by atoms with Crippen LogP contribution in [0.2, 0.25) is 0 Å². The average Bonchev–Trinajstić information content (AvgIpc) is 2.99. The standard InChI is InChI=1S/C12H18N2OS/c1-9-5-7-16-11(9)8-14-12(15)4-6-13-10-2-3-10/h5,7,10,13H,2-4,6,8H2,1H3,(H,14,15). The highest BCUT2D eigenvalue weighted by Crippen LogP contribution is 2.18. The topological polar surface area (TPSA) is 41.1 Å². The first-order valence-electron chi connectivity index (χ1n) is 5.79. The Morgan fingerprint density at radius 3 is 3.00 bits per heavy atom. The predicted octanol–water partition coefficient (Wildman–Crippen LogP) is 1.81. The Labute approximate surface area is 100 Å². The minimum absolute atomic E-state index is 0.140. The van der Waals surface area contributed by atoms with E-state index in [-0.39, 0.29) is 5.91 Å². The Morgan fingerprint density at radius 1 is 1.56 bits per heavy atom. The number of carbonyl (C=O) groups is 1. The van der Waals surface area contributed by atoms with Crippen LogP contribution in [-0.2, 0) is 11.3 Å². The van der Waals surface area contributed by atoms with Crippen molar-refractivity contribution in [2.24, 2.45) is 0 Å². The first-order chi connectivity index (χ1) is 7.75. The van der Waals surface area contributed by atoms with Gasteiger partial charge in [0.25, 0.3) is 0 Å². The number of carbonyl (C=O) groups excluding carboxylic acids is 1. The molecule has 1 aliphatic carbocycles. The van der Waals surface area contributed by atoms with Gasteiger partial charge in [-0.25, -0.2) is 0 Å². The van der Waals surface area contributed by atoms with Gasteiger partial charge in [0.05, 0.1) is 6.54 Å². The first-order valence-corrected chi connectivity index (χ1v) is 6.66. The Morgan fingerprint density at radius 2 is 2.38 bits per heavy atom. The van der Waals surface area contributed by atoms with Gasteiger partial charge < -0.3 is 10.6 Å². The van der Waals surface area contributed by atoms with Crippen LogP contribution >= 0.6 is 11.3 Å². The van der Waals surface area contributed by atoms with Crippen LogP contribution in [0.3, 0.4) is 0 Å². The molecule has 0 unspecified atom stereocenters. The van der Waals surface area contributed by atoms with Crippen molar-refractivity contribution in [2.75, 3.05) is 6.54 Å². The molecular weight excluding hydrogens is 220 g/mol. The molecule has 0 spiro atoms. The summed E-state index contributed by atoms with van der Waals surface area (Å²) in [5.74, 6) is 0.140. The molecule has 1 aromatic heterocycles. The minimum Gasteiger partial charge on any atom is -0.351 e. The number of nitrogens with one attached hydrogen (secondary N) is 2. The number of hydrogen-bond donors (Lipinski definition) is 2. The van der Waals surface area contributed by atoms with E-state index in [1.807, 2.05) is 0 Å². The van der Waals surface area contributed by atoms with E-state index in [2.05, 4.69) is 29.0 Å². The van der Waals surface area contributed by atoms with Crippen LogP contribution in [0.1, 0.15) is 29.7 Å². The van der Waals surface area contributed by atoms with Crippen LogP contribution in [-0.4, -0.2) is 18.5 Å². The summed E-state index contributed by atoms with van der Waals surface area (Å²) in [5.41, 5.74) is 1.27. The van der Waals surface area contributed by atoms with Gasteiger partial charge in [-0.15, -0.1) is 11.3 Å². The van der Waals surface area contributed by atoms with Gasteiger partial charge in [-0.05, 0) is 36.8 Å². The predicted molar refractivity (Wildman–Crippen MR) is 66.5 cm³/mol. The highest BCUT2D eigenvalue weighted by molar-refractivity contribution is 7.10. The summed E-state index contributed by atoms with van der Waals surface area (Å²) in [4.78, 5) is 12.8. The van der Waals surface area contributed by atoms with Crippen molar-refractivity contribution in [3.05, 3.63) is 21.9 Å². The largest absolute Gasteiger partial charge is 0.351 e. The molecule has 0 saturated heterocycles. The van der Waals surface area contributed by atoms with Crippen LogP contribution in [0.25, 0.3) is 0 Å². The summed E-state index contributed by atoms with van der Waals surface area (Å²) >= 11 is 1.70. The lowest BCUT2D eigenvalue weighted by atomic mass is 10.3. The fraction of sp³-hybridized carbons (Fsp3) is 0.583. The summed E-state index contributed by atoms with van der Waals surface area (Å²) in [6.07, 6.45) is 3.13. The zero-order chi connectivity index (χ0) is 11.4. The average molecular weight is 238 g/mol. The van der Waals surface area contributed by atoms with Crippen LogP contribution in [0.15, 0.2) is 11.4 Å². The molecule has 3 nitrogen and oxygen atoms in total. The van der Waals surface area contributed by atoms with Crippen molar-refractivity contribution < 1.29 is 4.79 Å². The molecule has 0 atom stereocenters. The van der Waals surface area contributed by atoms with Crippen molar-refractivity contribution in [1.29, 1.82) is 0 Å². The van der Waals surface area contributed by atoms with Gasteiger partial charge in [-0.3, -0.25) is 4.79 Å². The highest BCUT2D eigenvalue weighted by Gasteiger charge is 2.19. The fourth-order valence-electron chi connectivity index (χ4n) is 1.53. The summed E-state index contributed by atoms with van der Waals surface area (Å²) in [7, 11) is 0. The zero-order valence-electron chi connectivity index (χ0n) is 9.58. The Hall–Kier alpha value is -0.870. The van der Waals surface area contributed by atoms with Gasteiger partial charge in [0.1, 0.15) is 0 Å². The van der Waals surface area contributed by atoms with E-state index in [0.717, 1.165) is 6.54 Å². The monoisotopic (exact) mass is 238 g/mol. The van der Waals surface area contributed by atoms with E-state index in [4.69, 9.17) is 0 Å². The smallest absolute Gasteiger partial charge is 0.221 e. The minimum atomic E-state index is 0.140. The lowest BCUT2D eigenvalue weighted by Gasteiger charge is -2.05. The molecule has 0 aromatic carbocycles. The summed E-state index contributed by atoms with van der Waals surface area (Å²) in [6.45, 7) is 3.55. The van der Waals surface area contributed by atoms with E-state index >= 15 is 0 Å². The molecule has 0 radical (unpaired) electrons. The van der Waals surface area contributed by atoms with Crippen LogP contribution in [0.5, 0.6) is 0 Å². The second-order valence-electron chi connectivity index (χ2n) is 4.28. The molecule has 4 heteroatoms. The normalized spacial score (nSPS) is 15.1. The number of aryl methyl sites for hydroxylation is 1. The molecule has 0 bridgehead atoms. The van der Waals surface area contributed by atoms with E-state index in [1.165, 1.54) is 23.3 Å². The third-order valence-electron chi connectivity index (χ3n) is 2.78. The Balaban J connectivity index is 1.61. The second-order valence-corrected chi connectivity index (χ2v) is 5.28. The number of rotatable bonds is 6. The molecule has 1 fully saturated rings. The van der Waals surface area contributed by atoms with Crippen molar-refractivity contribution in [3.8, 4) is 0 Å². The van der Waals surface area contributed by atoms with E-state index in [1.54, 1.807) is 11.3 Å². The Kier molecular flexibility index (Phi) is 3.96. The molecule has 1 saturated carbocycles. The van der Waals surface area contributed by atoms with Gasteiger partial charge in [-0.2, -0.15) is 0 Å². The molecule has 1 heterocycles. The van der Waals surface area contributed by atoms with Crippen molar-refractivity contribution in [3.63, 3.8) is 0 Å². The maximum absolute atomic E-state index is 11.5. The van der Waals surface area contributed by atoms with Gasteiger partial charge in [-0.1, -0.05) is 0 Å². The number of thiophene rings is 1. The maximum atomic E-state index is 11.5. The SMILES string of the molecule is Cc1ccsc1CNC(=O)CCNC1CC1. The summed E-state index contributed by atoms with van der Waals surface area (Å²) in [6, 6.07) is 2.77. The summed E-state index contributed by atoms with van der Waals surface area (Å²) in [5, 5.41) is 8.35. The van der Waals surface area contributed by atoms with Gasteiger partial charge in [0.2, 0.25) is 5.91 Å². The molecule has 1 amide bonds. The van der Waals surface area contributed by atoms with Gasteiger partial charge >= 0.3 is 0 Å². The highest BCUT2D eigenvalue weighted by atomic mass is 32.1. The van der Waals surface area contributed by atoms with Crippen molar-refractivity contribution >= 4 is 17.2 Å². The number of hydrogen-bond acceptors (Lipinski definition) is 3. The van der Waals surface area contributed by atoms with E-state index in [9.17, 15) is 4.79 Å². The maximum Gasteiger partial charge on any atom is 0.221 e. The molecule has 1 aromatic rings. The lowest BCUT2D eigenvalue weighted by Crippen LogP contribution is -2.28. The van der Waals surface area contributed by atoms with E-state index < -0.39 is 0 Å². The molecule has 16 heavy (non-hydrogen) atoms. The quantitative estimate of drug-likeness (QED) is 0.793. The van der Waals surface area contributed by atoms with Crippen LogP contribution < -0.4 is 10.6 Å². The van der Waals surface area contributed by atoms with Crippen molar-refractivity contribution in [1.82, 2.24) is 10.6 Å². The van der Waals surface area contributed by atoms with Gasteiger partial charge in [0.15, 0.2) is 0 Å². The van der Waals surface area contributed by atoms with Crippen molar-refractivity contribution in [2.45, 2.75) is 38.8 Å². The first kappa shape index (κ1) is 11.6. The molecule has 0 aliphatic heterocycles. The molecule has 88 valence electrons.